The van der Waals surface area contributed by atoms with Gasteiger partial charge in [-0.05, 0) is 19.3 Å². The van der Waals surface area contributed by atoms with Crippen LogP contribution in [0.15, 0.2) is 0 Å². The monoisotopic (exact) mass is 225 g/mol. The fraction of sp³-hybridized carbons (Fsp3) is 0.923. The zero-order chi connectivity index (χ0) is 11.8. The summed E-state index contributed by atoms with van der Waals surface area (Å²) in [6, 6.07) is 0. The molecular weight excluding hydrogens is 202 g/mol. The summed E-state index contributed by atoms with van der Waals surface area (Å²) < 4.78 is 5.58. The SMILES string of the molecule is CCC(C)(C)C(=O)C1OC1N1CCCCC1. The molecule has 3 nitrogen and oxygen atoms in total. The van der Waals surface area contributed by atoms with Gasteiger partial charge in [0.05, 0.1) is 0 Å². The first kappa shape index (κ1) is 12.1. The van der Waals surface area contributed by atoms with E-state index < -0.39 is 0 Å². The molecule has 0 bridgehead atoms. The van der Waals surface area contributed by atoms with Gasteiger partial charge >= 0.3 is 0 Å². The number of likely N-dealkylation sites (tertiary alicyclic amines) is 1. The van der Waals surface area contributed by atoms with Gasteiger partial charge in [0.2, 0.25) is 0 Å². The van der Waals surface area contributed by atoms with E-state index in [0.29, 0.717) is 0 Å². The molecule has 0 aromatic carbocycles. The summed E-state index contributed by atoms with van der Waals surface area (Å²) in [5, 5.41) is 0. The van der Waals surface area contributed by atoms with E-state index in [1.54, 1.807) is 0 Å². The van der Waals surface area contributed by atoms with Crippen LogP contribution in [0.5, 0.6) is 0 Å². The van der Waals surface area contributed by atoms with Gasteiger partial charge in [-0.3, -0.25) is 9.69 Å². The molecule has 2 unspecified atom stereocenters. The number of hydrogen-bond donors (Lipinski definition) is 0. The topological polar surface area (TPSA) is 32.8 Å². The average molecular weight is 225 g/mol. The summed E-state index contributed by atoms with van der Waals surface area (Å²) in [4.78, 5) is 14.5. The van der Waals surface area contributed by atoms with Crippen LogP contribution in [0, 0.1) is 5.41 Å². The van der Waals surface area contributed by atoms with Gasteiger partial charge in [-0.25, -0.2) is 0 Å². The predicted molar refractivity (Wildman–Crippen MR) is 63.2 cm³/mol. The van der Waals surface area contributed by atoms with Crippen molar-refractivity contribution in [2.75, 3.05) is 13.1 Å². The van der Waals surface area contributed by atoms with Gasteiger partial charge in [0.25, 0.3) is 0 Å². The Labute approximate surface area is 98.1 Å². The maximum atomic E-state index is 12.2. The molecule has 0 radical (unpaired) electrons. The third-order valence-corrected chi connectivity index (χ3v) is 4.03. The van der Waals surface area contributed by atoms with Crippen molar-refractivity contribution in [2.24, 2.45) is 5.41 Å². The molecule has 0 amide bonds. The van der Waals surface area contributed by atoms with E-state index in [2.05, 4.69) is 11.8 Å². The molecule has 2 atom stereocenters. The highest BCUT2D eigenvalue weighted by molar-refractivity contribution is 5.90. The lowest BCUT2D eigenvalue weighted by Crippen LogP contribution is -2.37. The van der Waals surface area contributed by atoms with Crippen LogP contribution in [0.2, 0.25) is 0 Å². The Morgan fingerprint density at radius 3 is 2.50 bits per heavy atom. The fourth-order valence-electron chi connectivity index (χ4n) is 2.31. The van der Waals surface area contributed by atoms with Crippen molar-refractivity contribution < 1.29 is 9.53 Å². The van der Waals surface area contributed by atoms with Gasteiger partial charge in [-0.1, -0.05) is 27.2 Å². The van der Waals surface area contributed by atoms with E-state index >= 15 is 0 Å². The maximum Gasteiger partial charge on any atom is 0.171 e. The van der Waals surface area contributed by atoms with E-state index in [0.717, 1.165) is 19.5 Å². The van der Waals surface area contributed by atoms with Crippen LogP contribution in [-0.4, -0.2) is 36.1 Å². The van der Waals surface area contributed by atoms with E-state index in [4.69, 9.17) is 4.74 Å². The highest BCUT2D eigenvalue weighted by Gasteiger charge is 2.52. The number of rotatable bonds is 4. The molecule has 0 aromatic rings. The van der Waals surface area contributed by atoms with Crippen molar-refractivity contribution in [1.82, 2.24) is 4.90 Å². The van der Waals surface area contributed by atoms with Crippen molar-refractivity contribution in [2.45, 2.75) is 58.8 Å². The summed E-state index contributed by atoms with van der Waals surface area (Å²) in [7, 11) is 0. The summed E-state index contributed by atoms with van der Waals surface area (Å²) in [5.74, 6) is 0.283. The van der Waals surface area contributed by atoms with Crippen LogP contribution in [0.1, 0.15) is 46.5 Å². The van der Waals surface area contributed by atoms with Gasteiger partial charge < -0.3 is 4.74 Å². The van der Waals surface area contributed by atoms with Crippen LogP contribution in [0.3, 0.4) is 0 Å². The molecule has 0 N–H and O–H groups in total. The molecule has 3 heteroatoms. The third-order valence-electron chi connectivity index (χ3n) is 4.03. The minimum atomic E-state index is -0.227. The first-order chi connectivity index (χ1) is 7.56. The second kappa shape index (κ2) is 4.46. The molecule has 2 fully saturated rings. The number of hydrogen-bond acceptors (Lipinski definition) is 3. The first-order valence-electron chi connectivity index (χ1n) is 6.50. The Bertz CT molecular complexity index is 269. The normalized spacial score (nSPS) is 31.4. The molecular formula is C13H23NO2. The molecule has 2 saturated heterocycles. The number of epoxide rings is 1. The van der Waals surface area contributed by atoms with Gasteiger partial charge in [0, 0.05) is 18.5 Å². The first-order valence-corrected chi connectivity index (χ1v) is 6.50. The largest absolute Gasteiger partial charge is 0.345 e. The lowest BCUT2D eigenvalue weighted by atomic mass is 9.83. The van der Waals surface area contributed by atoms with Crippen molar-refractivity contribution in [1.29, 1.82) is 0 Å². The Balaban J connectivity index is 1.88. The second-order valence-electron chi connectivity index (χ2n) is 5.65. The molecule has 92 valence electrons. The molecule has 0 aromatic heterocycles. The molecule has 2 rings (SSSR count). The summed E-state index contributed by atoms with van der Waals surface area (Å²) in [5.41, 5.74) is -0.227. The van der Waals surface area contributed by atoms with Crippen molar-refractivity contribution in [3.63, 3.8) is 0 Å². The zero-order valence-corrected chi connectivity index (χ0v) is 10.7. The number of carbonyl (C=O) groups excluding carboxylic acids is 1. The number of Topliss-reactive ketones (excluding diaryl/α,β-unsaturated/α-hetero) is 1. The van der Waals surface area contributed by atoms with Crippen molar-refractivity contribution in [3.8, 4) is 0 Å². The summed E-state index contributed by atoms with van der Waals surface area (Å²) >= 11 is 0. The van der Waals surface area contributed by atoms with Crippen molar-refractivity contribution in [3.05, 3.63) is 0 Å². The zero-order valence-electron chi connectivity index (χ0n) is 10.7. The number of ether oxygens (including phenoxy) is 1. The minimum Gasteiger partial charge on any atom is -0.345 e. The Morgan fingerprint density at radius 1 is 1.31 bits per heavy atom. The Hall–Kier alpha value is -0.410. The maximum absolute atomic E-state index is 12.2. The fourth-order valence-corrected chi connectivity index (χ4v) is 2.31. The average Bonchev–Trinajstić information content (AvgIpc) is 3.09. The quantitative estimate of drug-likeness (QED) is 0.688. The highest BCUT2D eigenvalue weighted by Crippen LogP contribution is 2.35. The van der Waals surface area contributed by atoms with E-state index in [9.17, 15) is 4.79 Å². The molecule has 16 heavy (non-hydrogen) atoms. The molecule has 0 spiro atoms. The van der Waals surface area contributed by atoms with E-state index in [-0.39, 0.29) is 23.5 Å². The number of carbonyl (C=O) groups is 1. The lowest BCUT2D eigenvalue weighted by molar-refractivity contribution is -0.128. The molecule has 2 aliphatic rings. The Kier molecular flexibility index (Phi) is 3.36. The van der Waals surface area contributed by atoms with Crippen LogP contribution in [-0.2, 0) is 9.53 Å². The van der Waals surface area contributed by atoms with E-state index in [1.807, 2.05) is 13.8 Å². The van der Waals surface area contributed by atoms with Crippen LogP contribution < -0.4 is 0 Å². The van der Waals surface area contributed by atoms with Gasteiger partial charge in [0.1, 0.15) is 6.23 Å². The summed E-state index contributed by atoms with van der Waals surface area (Å²) in [6.45, 7) is 8.30. The molecule has 0 saturated carbocycles. The molecule has 0 aliphatic carbocycles. The van der Waals surface area contributed by atoms with Gasteiger partial charge in [0.15, 0.2) is 11.9 Å². The molecule has 2 heterocycles. The van der Waals surface area contributed by atoms with Gasteiger partial charge in [-0.2, -0.15) is 0 Å². The van der Waals surface area contributed by atoms with Crippen LogP contribution in [0.25, 0.3) is 0 Å². The highest BCUT2D eigenvalue weighted by atomic mass is 16.6. The van der Waals surface area contributed by atoms with Crippen LogP contribution in [0.4, 0.5) is 0 Å². The smallest absolute Gasteiger partial charge is 0.171 e. The summed E-state index contributed by atoms with van der Waals surface area (Å²) in [6.07, 6.45) is 4.66. The van der Waals surface area contributed by atoms with Crippen LogP contribution >= 0.6 is 0 Å². The second-order valence-corrected chi connectivity index (χ2v) is 5.65. The predicted octanol–water partition coefficient (Wildman–Crippen LogP) is 2.20. The lowest BCUT2D eigenvalue weighted by Gasteiger charge is -2.25. The van der Waals surface area contributed by atoms with Gasteiger partial charge in [-0.15, -0.1) is 0 Å². The Morgan fingerprint density at radius 2 is 1.94 bits per heavy atom. The number of ketones is 1. The standard InChI is InChI=1S/C13H23NO2/c1-4-13(2,3)11(15)10-12(16-10)14-8-6-5-7-9-14/h10,12H,4-9H2,1-3H3. The van der Waals surface area contributed by atoms with Crippen molar-refractivity contribution >= 4 is 5.78 Å². The molecule has 2 aliphatic heterocycles. The van der Waals surface area contributed by atoms with E-state index in [1.165, 1.54) is 19.3 Å². The third kappa shape index (κ3) is 2.30. The minimum absolute atomic E-state index is 0.0959. The number of piperidine rings is 1. The number of nitrogens with zero attached hydrogens (tertiary/aromatic N) is 1.